The topological polar surface area (TPSA) is 67.7 Å². The van der Waals surface area contributed by atoms with E-state index in [0.29, 0.717) is 45.3 Å². The fraction of sp³-hybridized carbons (Fsp3) is 0.722. The van der Waals surface area contributed by atoms with Crippen LogP contribution in [0, 0.1) is 0 Å². The molecule has 1 aromatic heterocycles. The Bertz CT molecular complexity index is 720. The van der Waals surface area contributed by atoms with Gasteiger partial charge in [0.05, 0.1) is 6.54 Å². The predicted molar refractivity (Wildman–Crippen MR) is 91.0 cm³/mol. The molecule has 3 heterocycles. The third kappa shape index (κ3) is 2.62. The summed E-state index contributed by atoms with van der Waals surface area (Å²) in [5.41, 5.74) is -2.36. The molecule has 2 aliphatic heterocycles. The first-order valence-corrected chi connectivity index (χ1v) is 9.24. The highest BCUT2D eigenvalue weighted by Gasteiger charge is 2.51. The van der Waals surface area contributed by atoms with Gasteiger partial charge in [-0.25, -0.2) is 9.37 Å². The van der Waals surface area contributed by atoms with Crippen LogP contribution in [0.4, 0.5) is 4.39 Å². The van der Waals surface area contributed by atoms with Crippen molar-refractivity contribution >= 4 is 11.8 Å². The standard InChI is InChI=1S/C18H25FN4O3/c1-21(2)14(24)13-12-23-11-8-20-15(23)18(26-13)6-9-22(10-7-18)16(25)17(19)4-3-5-17/h8,11,13H,3-7,9-10,12H2,1-2H3/t13-/m1/s1. The molecule has 26 heavy (non-hydrogen) atoms. The average molecular weight is 364 g/mol. The van der Waals surface area contributed by atoms with Gasteiger partial charge in [0.1, 0.15) is 11.4 Å². The number of ether oxygens (including phenoxy) is 1. The van der Waals surface area contributed by atoms with Gasteiger partial charge in [0.25, 0.3) is 11.8 Å². The minimum atomic E-state index is -1.67. The number of piperidine rings is 1. The van der Waals surface area contributed by atoms with Crippen LogP contribution in [0.2, 0.25) is 0 Å². The third-order valence-electron chi connectivity index (χ3n) is 5.96. The van der Waals surface area contributed by atoms with Gasteiger partial charge < -0.3 is 19.1 Å². The van der Waals surface area contributed by atoms with Gasteiger partial charge >= 0.3 is 0 Å². The molecule has 1 saturated carbocycles. The van der Waals surface area contributed by atoms with Crippen LogP contribution in [0.5, 0.6) is 0 Å². The van der Waals surface area contributed by atoms with E-state index in [1.54, 1.807) is 25.2 Å². The van der Waals surface area contributed by atoms with E-state index in [1.807, 2.05) is 10.8 Å². The van der Waals surface area contributed by atoms with Crippen LogP contribution in [0.25, 0.3) is 0 Å². The van der Waals surface area contributed by atoms with Crippen molar-refractivity contribution in [2.24, 2.45) is 0 Å². The van der Waals surface area contributed by atoms with Gasteiger partial charge in [-0.2, -0.15) is 0 Å². The molecular formula is C18H25FN4O3. The summed E-state index contributed by atoms with van der Waals surface area (Å²) in [6, 6.07) is 0. The van der Waals surface area contributed by atoms with Crippen LogP contribution in [-0.4, -0.2) is 70.1 Å². The summed E-state index contributed by atoms with van der Waals surface area (Å²) in [5, 5.41) is 0. The van der Waals surface area contributed by atoms with E-state index in [-0.39, 0.29) is 5.91 Å². The molecule has 7 nitrogen and oxygen atoms in total. The first-order valence-electron chi connectivity index (χ1n) is 9.24. The number of aromatic nitrogens is 2. The fourth-order valence-corrected chi connectivity index (χ4v) is 4.21. The SMILES string of the molecule is CN(C)C(=O)[C@H]1Cn2ccnc2C2(CCN(C(=O)C3(F)CCC3)CC2)O1. The summed E-state index contributed by atoms with van der Waals surface area (Å²) in [6.07, 6.45) is 5.46. The van der Waals surface area contributed by atoms with Crippen molar-refractivity contribution < 1.29 is 18.7 Å². The lowest BCUT2D eigenvalue weighted by atomic mass is 9.80. The lowest BCUT2D eigenvalue weighted by Crippen LogP contribution is -2.57. The number of likely N-dealkylation sites (N-methyl/N-ethyl adjacent to an activating group) is 1. The fourth-order valence-electron chi connectivity index (χ4n) is 4.21. The molecule has 0 radical (unpaired) electrons. The van der Waals surface area contributed by atoms with Crippen LogP contribution >= 0.6 is 0 Å². The van der Waals surface area contributed by atoms with Crippen molar-refractivity contribution in [2.45, 2.75) is 56.0 Å². The highest BCUT2D eigenvalue weighted by Crippen LogP contribution is 2.43. The number of hydrogen-bond acceptors (Lipinski definition) is 4. The maximum atomic E-state index is 14.5. The first kappa shape index (κ1) is 17.5. The van der Waals surface area contributed by atoms with E-state index >= 15 is 0 Å². The zero-order valence-electron chi connectivity index (χ0n) is 15.3. The van der Waals surface area contributed by atoms with Gasteiger partial charge in [0, 0.05) is 52.4 Å². The largest absolute Gasteiger partial charge is 0.352 e. The smallest absolute Gasteiger partial charge is 0.260 e. The second kappa shape index (κ2) is 6.04. The number of fused-ring (bicyclic) bond motifs is 2. The van der Waals surface area contributed by atoms with Crippen molar-refractivity contribution in [1.82, 2.24) is 19.4 Å². The molecule has 2 fully saturated rings. The lowest BCUT2D eigenvalue weighted by molar-refractivity contribution is -0.184. The summed E-state index contributed by atoms with van der Waals surface area (Å²) in [5.74, 6) is 0.323. The maximum Gasteiger partial charge on any atom is 0.260 e. The summed E-state index contributed by atoms with van der Waals surface area (Å²) in [6.45, 7) is 1.27. The van der Waals surface area contributed by atoms with E-state index < -0.39 is 23.3 Å². The number of carbonyl (C=O) groups excluding carboxylic acids is 2. The molecule has 1 atom stereocenters. The number of nitrogens with zero attached hydrogens (tertiary/aromatic N) is 4. The molecule has 0 N–H and O–H groups in total. The van der Waals surface area contributed by atoms with E-state index in [4.69, 9.17) is 4.74 Å². The molecule has 8 heteroatoms. The van der Waals surface area contributed by atoms with Gasteiger partial charge in [0.15, 0.2) is 11.8 Å². The summed E-state index contributed by atoms with van der Waals surface area (Å²) in [4.78, 5) is 32.5. The minimum Gasteiger partial charge on any atom is -0.352 e. The van der Waals surface area contributed by atoms with E-state index in [9.17, 15) is 14.0 Å². The zero-order chi connectivity index (χ0) is 18.5. The van der Waals surface area contributed by atoms with Crippen molar-refractivity contribution in [3.63, 3.8) is 0 Å². The molecular weight excluding hydrogens is 339 g/mol. The second-order valence-corrected chi connectivity index (χ2v) is 7.85. The van der Waals surface area contributed by atoms with Gasteiger partial charge in [-0.1, -0.05) is 0 Å². The number of imidazole rings is 1. The Hall–Kier alpha value is -1.96. The van der Waals surface area contributed by atoms with E-state index in [0.717, 1.165) is 12.2 Å². The van der Waals surface area contributed by atoms with Crippen LogP contribution in [0.3, 0.4) is 0 Å². The Morgan fingerprint density at radius 3 is 2.54 bits per heavy atom. The maximum absolute atomic E-state index is 14.5. The minimum absolute atomic E-state index is 0.0839. The molecule has 1 saturated heterocycles. The van der Waals surface area contributed by atoms with Crippen molar-refractivity contribution in [2.75, 3.05) is 27.2 Å². The van der Waals surface area contributed by atoms with E-state index in [2.05, 4.69) is 4.98 Å². The Balaban J connectivity index is 1.53. The Morgan fingerprint density at radius 1 is 1.27 bits per heavy atom. The summed E-state index contributed by atoms with van der Waals surface area (Å²) in [7, 11) is 3.42. The number of rotatable bonds is 2. The molecule has 4 rings (SSSR count). The van der Waals surface area contributed by atoms with Crippen LogP contribution < -0.4 is 0 Å². The number of halogens is 1. The molecule has 142 valence electrons. The zero-order valence-corrected chi connectivity index (χ0v) is 15.3. The number of amides is 2. The van der Waals surface area contributed by atoms with Crippen LogP contribution in [-0.2, 0) is 26.5 Å². The highest BCUT2D eigenvalue weighted by atomic mass is 19.1. The number of hydrogen-bond donors (Lipinski definition) is 0. The molecule has 0 unspecified atom stereocenters. The predicted octanol–water partition coefficient (Wildman–Crippen LogP) is 1.08. The summed E-state index contributed by atoms with van der Waals surface area (Å²) < 4.78 is 22.7. The molecule has 3 aliphatic rings. The highest BCUT2D eigenvalue weighted by molar-refractivity contribution is 5.86. The van der Waals surface area contributed by atoms with Crippen molar-refractivity contribution in [3.05, 3.63) is 18.2 Å². The quantitative estimate of drug-likeness (QED) is 0.788. The lowest BCUT2D eigenvalue weighted by Gasteiger charge is -2.47. The molecule has 1 aromatic rings. The first-order chi connectivity index (χ1) is 12.3. The van der Waals surface area contributed by atoms with Gasteiger partial charge in [0.2, 0.25) is 0 Å². The monoisotopic (exact) mass is 364 g/mol. The second-order valence-electron chi connectivity index (χ2n) is 7.85. The van der Waals surface area contributed by atoms with Gasteiger partial charge in [-0.05, 0) is 19.3 Å². The molecule has 1 aliphatic carbocycles. The third-order valence-corrected chi connectivity index (χ3v) is 5.96. The van der Waals surface area contributed by atoms with Crippen molar-refractivity contribution in [1.29, 1.82) is 0 Å². The normalized spacial score (nSPS) is 26.1. The molecule has 0 bridgehead atoms. The number of likely N-dealkylation sites (tertiary alicyclic amines) is 1. The average Bonchev–Trinajstić information content (AvgIpc) is 3.08. The molecule has 0 aromatic carbocycles. The van der Waals surface area contributed by atoms with Crippen LogP contribution in [0.15, 0.2) is 12.4 Å². The van der Waals surface area contributed by atoms with Gasteiger partial charge in [-0.15, -0.1) is 0 Å². The molecule has 2 amide bonds. The Labute approximate surface area is 152 Å². The Kier molecular flexibility index (Phi) is 4.06. The Morgan fingerprint density at radius 2 is 1.96 bits per heavy atom. The van der Waals surface area contributed by atoms with Crippen molar-refractivity contribution in [3.8, 4) is 0 Å². The number of alkyl halides is 1. The van der Waals surface area contributed by atoms with E-state index in [1.165, 1.54) is 4.90 Å². The summed E-state index contributed by atoms with van der Waals surface area (Å²) >= 11 is 0. The molecule has 1 spiro atoms. The number of carbonyl (C=O) groups is 2. The van der Waals surface area contributed by atoms with Crippen LogP contribution in [0.1, 0.15) is 37.9 Å². The van der Waals surface area contributed by atoms with Gasteiger partial charge in [-0.3, -0.25) is 9.59 Å².